The third kappa shape index (κ3) is 2.87. The average molecular weight is 198 g/mol. The van der Waals surface area contributed by atoms with E-state index in [1.54, 1.807) is 12.1 Å². The number of nitrogens with zero attached hydrogens (tertiary/aromatic N) is 1. The molecule has 0 bridgehead atoms. The first-order valence-corrected chi connectivity index (χ1v) is 4.00. The largest absolute Gasteiger partial charge is 0.478 e. The van der Waals surface area contributed by atoms with Crippen molar-refractivity contribution in [2.45, 2.75) is 6.92 Å². The molecule has 0 amide bonds. The second kappa shape index (κ2) is 4.05. The first-order chi connectivity index (χ1) is 6.09. The molecule has 1 rings (SSSR count). The Hall–Kier alpha value is -1.35. The molecular formula is C9H8ClNO2. The number of pyridine rings is 1. The Balaban J connectivity index is 2.92. The summed E-state index contributed by atoms with van der Waals surface area (Å²) in [4.78, 5) is 14.3. The van der Waals surface area contributed by atoms with Gasteiger partial charge in [0.1, 0.15) is 5.15 Å². The number of hydrogen-bond acceptors (Lipinski definition) is 2. The lowest BCUT2D eigenvalue weighted by atomic mass is 10.2. The molecule has 0 unspecified atom stereocenters. The van der Waals surface area contributed by atoms with Gasteiger partial charge in [0.2, 0.25) is 0 Å². The van der Waals surface area contributed by atoms with Crippen molar-refractivity contribution in [2.24, 2.45) is 0 Å². The van der Waals surface area contributed by atoms with Crippen molar-refractivity contribution in [3.05, 3.63) is 34.6 Å². The van der Waals surface area contributed by atoms with Gasteiger partial charge in [0.15, 0.2) is 0 Å². The van der Waals surface area contributed by atoms with Crippen molar-refractivity contribution in [3.8, 4) is 0 Å². The van der Waals surface area contributed by atoms with Crippen LogP contribution in [0.5, 0.6) is 0 Å². The third-order valence-corrected chi connectivity index (χ3v) is 1.69. The number of carbonyl (C=O) groups is 1. The van der Waals surface area contributed by atoms with Crippen LogP contribution in [0.15, 0.2) is 23.9 Å². The molecule has 0 aliphatic carbocycles. The monoisotopic (exact) mass is 197 g/mol. The van der Waals surface area contributed by atoms with E-state index in [2.05, 4.69) is 4.98 Å². The molecule has 68 valence electrons. The summed E-state index contributed by atoms with van der Waals surface area (Å²) < 4.78 is 0. The zero-order chi connectivity index (χ0) is 9.84. The summed E-state index contributed by atoms with van der Waals surface area (Å²) >= 11 is 5.56. The zero-order valence-electron chi connectivity index (χ0n) is 6.99. The average Bonchev–Trinajstić information content (AvgIpc) is 2.08. The highest BCUT2D eigenvalue weighted by Crippen LogP contribution is 2.09. The first-order valence-electron chi connectivity index (χ1n) is 3.63. The van der Waals surface area contributed by atoms with E-state index >= 15 is 0 Å². The molecule has 0 aliphatic rings. The summed E-state index contributed by atoms with van der Waals surface area (Å²) in [5.41, 5.74) is 0.994. The van der Waals surface area contributed by atoms with Gasteiger partial charge >= 0.3 is 5.97 Å². The highest BCUT2D eigenvalue weighted by Gasteiger charge is 1.99. The minimum atomic E-state index is -0.935. The lowest BCUT2D eigenvalue weighted by Gasteiger charge is -1.94. The van der Waals surface area contributed by atoms with Crippen LogP contribution in [-0.2, 0) is 4.79 Å². The number of carboxylic acid groups (broad SMARTS) is 1. The van der Waals surface area contributed by atoms with Gasteiger partial charge in [-0.25, -0.2) is 9.78 Å². The van der Waals surface area contributed by atoms with Crippen LogP contribution in [0.3, 0.4) is 0 Å². The lowest BCUT2D eigenvalue weighted by molar-refractivity contribution is -0.132. The molecule has 4 heteroatoms. The predicted molar refractivity (Wildman–Crippen MR) is 50.5 cm³/mol. The Bertz CT molecular complexity index is 343. The van der Waals surface area contributed by atoms with Crippen molar-refractivity contribution in [2.75, 3.05) is 0 Å². The maximum Gasteiger partial charge on any atom is 0.331 e. The maximum absolute atomic E-state index is 10.5. The molecule has 0 fully saturated rings. The normalized spacial score (nSPS) is 11.4. The predicted octanol–water partition coefficient (Wildman–Crippen LogP) is 2.22. The molecule has 13 heavy (non-hydrogen) atoms. The van der Waals surface area contributed by atoms with Crippen LogP contribution in [0.1, 0.15) is 12.5 Å². The molecule has 0 aliphatic heterocycles. The number of halogens is 1. The summed E-state index contributed by atoms with van der Waals surface area (Å²) in [7, 11) is 0. The van der Waals surface area contributed by atoms with E-state index in [9.17, 15) is 4.79 Å². The van der Waals surface area contributed by atoms with Crippen LogP contribution in [0.25, 0.3) is 6.08 Å². The van der Waals surface area contributed by atoms with E-state index in [0.29, 0.717) is 5.15 Å². The summed E-state index contributed by atoms with van der Waals surface area (Å²) in [6.45, 7) is 1.52. The van der Waals surface area contributed by atoms with Crippen LogP contribution in [0.2, 0.25) is 5.15 Å². The first kappa shape index (κ1) is 9.74. The molecule has 1 aromatic heterocycles. The number of aliphatic carboxylic acids is 1. The van der Waals surface area contributed by atoms with Crippen LogP contribution >= 0.6 is 11.6 Å². The fourth-order valence-electron chi connectivity index (χ4n) is 0.784. The minimum absolute atomic E-state index is 0.268. The Kier molecular flexibility index (Phi) is 3.03. The van der Waals surface area contributed by atoms with Gasteiger partial charge < -0.3 is 5.11 Å². The number of aromatic nitrogens is 1. The van der Waals surface area contributed by atoms with Gasteiger partial charge in [0, 0.05) is 11.8 Å². The zero-order valence-corrected chi connectivity index (χ0v) is 7.75. The third-order valence-electron chi connectivity index (χ3n) is 1.47. The van der Waals surface area contributed by atoms with Crippen molar-refractivity contribution < 1.29 is 9.90 Å². The van der Waals surface area contributed by atoms with E-state index < -0.39 is 5.97 Å². The second-order valence-electron chi connectivity index (χ2n) is 2.55. The second-order valence-corrected chi connectivity index (χ2v) is 2.93. The van der Waals surface area contributed by atoms with Gasteiger partial charge in [-0.05, 0) is 24.6 Å². The molecule has 1 N–H and O–H groups in total. The van der Waals surface area contributed by atoms with Gasteiger partial charge in [0.05, 0.1) is 0 Å². The fraction of sp³-hybridized carbons (Fsp3) is 0.111. The van der Waals surface area contributed by atoms with Crippen LogP contribution in [-0.4, -0.2) is 16.1 Å². The van der Waals surface area contributed by atoms with Gasteiger partial charge in [-0.1, -0.05) is 17.7 Å². The van der Waals surface area contributed by atoms with E-state index in [1.807, 2.05) is 0 Å². The number of hydrogen-bond donors (Lipinski definition) is 1. The molecule has 1 heterocycles. The molecule has 1 aromatic rings. The Labute approximate surface area is 80.7 Å². The Morgan fingerprint density at radius 3 is 2.77 bits per heavy atom. The summed E-state index contributed by atoms with van der Waals surface area (Å²) in [6, 6.07) is 3.32. The van der Waals surface area contributed by atoms with E-state index in [-0.39, 0.29) is 5.57 Å². The molecule has 3 nitrogen and oxygen atoms in total. The summed E-state index contributed by atoms with van der Waals surface area (Å²) in [6.07, 6.45) is 3.06. The van der Waals surface area contributed by atoms with Crippen LogP contribution in [0, 0.1) is 0 Å². The Morgan fingerprint density at radius 1 is 1.62 bits per heavy atom. The van der Waals surface area contributed by atoms with Crippen molar-refractivity contribution in [1.29, 1.82) is 0 Å². The molecule has 0 spiro atoms. The minimum Gasteiger partial charge on any atom is -0.478 e. The van der Waals surface area contributed by atoms with Crippen molar-refractivity contribution in [1.82, 2.24) is 4.98 Å². The number of carboxylic acids is 1. The topological polar surface area (TPSA) is 50.2 Å². The summed E-state index contributed by atoms with van der Waals surface area (Å²) in [5, 5.41) is 8.98. The molecule has 0 atom stereocenters. The SMILES string of the molecule is C/C(=C\c1ccc(Cl)nc1)C(=O)O. The van der Waals surface area contributed by atoms with Gasteiger partial charge in [-0.3, -0.25) is 0 Å². The standard InChI is InChI=1S/C9H8ClNO2/c1-6(9(12)13)4-7-2-3-8(10)11-5-7/h2-5H,1H3,(H,12,13)/b6-4+. The highest BCUT2D eigenvalue weighted by molar-refractivity contribution is 6.29. The van der Waals surface area contributed by atoms with E-state index in [1.165, 1.54) is 19.2 Å². The van der Waals surface area contributed by atoms with Crippen molar-refractivity contribution >= 4 is 23.6 Å². The van der Waals surface area contributed by atoms with E-state index in [4.69, 9.17) is 16.7 Å². The quantitative estimate of drug-likeness (QED) is 0.584. The van der Waals surface area contributed by atoms with E-state index in [0.717, 1.165) is 5.56 Å². The molecule has 0 radical (unpaired) electrons. The van der Waals surface area contributed by atoms with Crippen LogP contribution in [0.4, 0.5) is 0 Å². The van der Waals surface area contributed by atoms with Gasteiger partial charge in [-0.15, -0.1) is 0 Å². The Morgan fingerprint density at radius 2 is 2.31 bits per heavy atom. The van der Waals surface area contributed by atoms with Crippen molar-refractivity contribution in [3.63, 3.8) is 0 Å². The van der Waals surface area contributed by atoms with Gasteiger partial charge in [-0.2, -0.15) is 0 Å². The molecule has 0 saturated carbocycles. The maximum atomic E-state index is 10.5. The highest BCUT2D eigenvalue weighted by atomic mass is 35.5. The molecule has 0 aromatic carbocycles. The van der Waals surface area contributed by atoms with Gasteiger partial charge in [0.25, 0.3) is 0 Å². The van der Waals surface area contributed by atoms with Crippen LogP contribution < -0.4 is 0 Å². The number of rotatable bonds is 2. The fourth-order valence-corrected chi connectivity index (χ4v) is 0.896. The smallest absolute Gasteiger partial charge is 0.331 e. The lowest BCUT2D eigenvalue weighted by Crippen LogP contribution is -1.95. The molecular weight excluding hydrogens is 190 g/mol. The summed E-state index contributed by atoms with van der Waals surface area (Å²) in [5.74, 6) is -0.935. The molecule has 0 saturated heterocycles.